The second-order valence-corrected chi connectivity index (χ2v) is 5.10. The molecular formula is C16H26N4O3. The molecule has 0 radical (unpaired) electrons. The smallest absolute Gasteiger partial charge is 0.339 e. The van der Waals surface area contributed by atoms with Gasteiger partial charge in [0.05, 0.1) is 18.4 Å². The Kier molecular flexibility index (Phi) is 7.64. The number of hydrogen-bond acceptors (Lipinski definition) is 6. The number of nitrogens with two attached hydrogens (primary N) is 1. The maximum atomic E-state index is 11.5. The number of aromatic amines is 1. The van der Waals surface area contributed by atoms with Crippen LogP contribution in [0.3, 0.4) is 0 Å². The minimum absolute atomic E-state index is 0. The standard InChI is InChI=1S/C10H11N3O2.C5H11NO.CH4/c1-3-15-10(14)8-4-11-9-7(6(8)2)5-12-13-9;6-5-1-3-7-4-2-5;/h4-5H,3H2,1-2H3,(H,11,12,13);5H,1-4,6H2;1H4. The number of aromatic nitrogens is 3. The normalized spacial score (nSPS) is 14.6. The first-order valence-electron chi connectivity index (χ1n) is 7.42. The van der Waals surface area contributed by atoms with Crippen LogP contribution in [0.5, 0.6) is 0 Å². The average Bonchev–Trinajstić information content (AvgIpc) is 2.99. The number of esters is 1. The van der Waals surface area contributed by atoms with Crippen molar-refractivity contribution in [2.45, 2.75) is 40.2 Å². The van der Waals surface area contributed by atoms with Gasteiger partial charge in [-0.05, 0) is 32.3 Å². The molecule has 2 aromatic rings. The molecule has 7 nitrogen and oxygen atoms in total. The predicted octanol–water partition coefficient (Wildman–Crippen LogP) is 2.20. The van der Waals surface area contributed by atoms with Gasteiger partial charge in [-0.25, -0.2) is 9.78 Å². The summed E-state index contributed by atoms with van der Waals surface area (Å²) in [6.07, 6.45) is 5.24. The van der Waals surface area contributed by atoms with Crippen molar-refractivity contribution in [1.82, 2.24) is 15.2 Å². The lowest BCUT2D eigenvalue weighted by molar-refractivity contribution is 0.0525. The molecule has 3 N–H and O–H groups in total. The van der Waals surface area contributed by atoms with Gasteiger partial charge in [0.2, 0.25) is 0 Å². The molecule has 0 aliphatic carbocycles. The van der Waals surface area contributed by atoms with E-state index in [0.29, 0.717) is 23.9 Å². The van der Waals surface area contributed by atoms with Crippen molar-refractivity contribution < 1.29 is 14.3 Å². The molecule has 3 rings (SSSR count). The van der Waals surface area contributed by atoms with Gasteiger partial charge in [0.25, 0.3) is 0 Å². The molecule has 3 heterocycles. The summed E-state index contributed by atoms with van der Waals surface area (Å²) in [6.45, 7) is 5.72. The maximum Gasteiger partial charge on any atom is 0.339 e. The number of fused-ring (bicyclic) bond motifs is 1. The third kappa shape index (κ3) is 5.01. The number of pyridine rings is 1. The van der Waals surface area contributed by atoms with Crippen LogP contribution >= 0.6 is 0 Å². The molecule has 23 heavy (non-hydrogen) atoms. The summed E-state index contributed by atoms with van der Waals surface area (Å²) in [5.41, 5.74) is 7.57. The topological polar surface area (TPSA) is 103 Å². The lowest BCUT2D eigenvalue weighted by Gasteiger charge is -2.16. The molecule has 0 amide bonds. The minimum atomic E-state index is -0.342. The van der Waals surface area contributed by atoms with Gasteiger partial charge in [-0.2, -0.15) is 5.10 Å². The molecule has 128 valence electrons. The summed E-state index contributed by atoms with van der Waals surface area (Å²) in [5, 5.41) is 7.46. The van der Waals surface area contributed by atoms with Gasteiger partial charge in [0.1, 0.15) is 0 Å². The van der Waals surface area contributed by atoms with Crippen molar-refractivity contribution in [3.8, 4) is 0 Å². The summed E-state index contributed by atoms with van der Waals surface area (Å²) in [7, 11) is 0. The van der Waals surface area contributed by atoms with E-state index in [0.717, 1.165) is 37.0 Å². The molecule has 2 aromatic heterocycles. The van der Waals surface area contributed by atoms with E-state index in [1.165, 1.54) is 6.20 Å². The van der Waals surface area contributed by atoms with Crippen LogP contribution in [-0.2, 0) is 9.47 Å². The van der Waals surface area contributed by atoms with Crippen LogP contribution in [0.25, 0.3) is 11.0 Å². The number of ether oxygens (including phenoxy) is 2. The molecule has 0 aromatic carbocycles. The van der Waals surface area contributed by atoms with Crippen molar-refractivity contribution in [3.63, 3.8) is 0 Å². The van der Waals surface area contributed by atoms with E-state index in [4.69, 9.17) is 15.2 Å². The van der Waals surface area contributed by atoms with Crippen LogP contribution in [0.4, 0.5) is 0 Å². The van der Waals surface area contributed by atoms with E-state index in [-0.39, 0.29) is 13.4 Å². The molecule has 1 aliphatic rings. The van der Waals surface area contributed by atoms with E-state index in [1.54, 1.807) is 13.1 Å². The molecule has 1 aliphatic heterocycles. The van der Waals surface area contributed by atoms with Gasteiger partial charge in [-0.1, -0.05) is 7.43 Å². The summed E-state index contributed by atoms with van der Waals surface area (Å²) in [5.74, 6) is -0.342. The fraction of sp³-hybridized carbons (Fsp3) is 0.562. The Labute approximate surface area is 136 Å². The Balaban J connectivity index is 0.000000280. The van der Waals surface area contributed by atoms with Crippen LogP contribution in [0.1, 0.15) is 43.1 Å². The molecule has 0 atom stereocenters. The summed E-state index contributed by atoms with van der Waals surface area (Å²) >= 11 is 0. The van der Waals surface area contributed by atoms with Crippen LogP contribution in [-0.4, -0.2) is 47.0 Å². The van der Waals surface area contributed by atoms with Gasteiger partial charge in [0, 0.05) is 30.8 Å². The highest BCUT2D eigenvalue weighted by atomic mass is 16.5. The Bertz CT molecular complexity index is 621. The van der Waals surface area contributed by atoms with Crippen molar-refractivity contribution in [3.05, 3.63) is 23.5 Å². The van der Waals surface area contributed by atoms with E-state index < -0.39 is 0 Å². The van der Waals surface area contributed by atoms with Crippen molar-refractivity contribution in [1.29, 1.82) is 0 Å². The largest absolute Gasteiger partial charge is 0.462 e. The third-order valence-electron chi connectivity index (χ3n) is 3.51. The van der Waals surface area contributed by atoms with Crippen molar-refractivity contribution >= 4 is 17.0 Å². The molecule has 0 unspecified atom stereocenters. The quantitative estimate of drug-likeness (QED) is 0.822. The van der Waals surface area contributed by atoms with Crippen molar-refractivity contribution in [2.75, 3.05) is 19.8 Å². The lowest BCUT2D eigenvalue weighted by Crippen LogP contribution is -2.28. The van der Waals surface area contributed by atoms with E-state index >= 15 is 0 Å². The summed E-state index contributed by atoms with van der Waals surface area (Å²) < 4.78 is 9.98. The Morgan fingerprint density at radius 3 is 2.70 bits per heavy atom. The SMILES string of the molecule is C.CCOC(=O)c1cnc2[nH]ncc2c1C.NC1CCOCC1. The number of H-pyrrole nitrogens is 1. The zero-order chi connectivity index (χ0) is 15.9. The molecule has 7 heteroatoms. The number of aryl methyl sites for hydroxylation is 1. The van der Waals surface area contributed by atoms with Gasteiger partial charge >= 0.3 is 5.97 Å². The number of hydrogen-bond donors (Lipinski definition) is 2. The fourth-order valence-electron chi connectivity index (χ4n) is 2.15. The van der Waals surface area contributed by atoms with Gasteiger partial charge in [-0.15, -0.1) is 0 Å². The highest BCUT2D eigenvalue weighted by Crippen LogP contribution is 2.17. The molecule has 0 spiro atoms. The maximum absolute atomic E-state index is 11.5. The van der Waals surface area contributed by atoms with Crippen LogP contribution in [0.2, 0.25) is 0 Å². The van der Waals surface area contributed by atoms with E-state index in [9.17, 15) is 4.79 Å². The zero-order valence-electron chi connectivity index (χ0n) is 13.0. The van der Waals surface area contributed by atoms with Gasteiger partial charge < -0.3 is 15.2 Å². The highest BCUT2D eigenvalue weighted by molar-refractivity contribution is 5.95. The highest BCUT2D eigenvalue weighted by Gasteiger charge is 2.13. The van der Waals surface area contributed by atoms with E-state index in [1.807, 2.05) is 6.92 Å². The molecule has 0 saturated carbocycles. The third-order valence-corrected chi connectivity index (χ3v) is 3.51. The van der Waals surface area contributed by atoms with Gasteiger partial charge in [-0.3, -0.25) is 5.10 Å². The Morgan fingerprint density at radius 1 is 1.43 bits per heavy atom. The zero-order valence-corrected chi connectivity index (χ0v) is 13.0. The van der Waals surface area contributed by atoms with Crippen LogP contribution in [0, 0.1) is 6.92 Å². The first-order chi connectivity index (χ1) is 10.6. The number of nitrogens with one attached hydrogen (secondary N) is 1. The first kappa shape index (κ1) is 19.1. The van der Waals surface area contributed by atoms with E-state index in [2.05, 4.69) is 15.2 Å². The van der Waals surface area contributed by atoms with Crippen LogP contribution in [0.15, 0.2) is 12.4 Å². The minimum Gasteiger partial charge on any atom is -0.462 e. The van der Waals surface area contributed by atoms with Crippen LogP contribution < -0.4 is 5.73 Å². The number of carbonyl (C=O) groups is 1. The molecule has 1 fully saturated rings. The Morgan fingerprint density at radius 2 is 2.13 bits per heavy atom. The fourth-order valence-corrected chi connectivity index (χ4v) is 2.15. The molecular weight excluding hydrogens is 296 g/mol. The van der Waals surface area contributed by atoms with Gasteiger partial charge in [0.15, 0.2) is 5.65 Å². The number of rotatable bonds is 2. The first-order valence-corrected chi connectivity index (χ1v) is 7.42. The monoisotopic (exact) mass is 322 g/mol. The summed E-state index contributed by atoms with van der Waals surface area (Å²) in [4.78, 5) is 15.6. The lowest BCUT2D eigenvalue weighted by atomic mass is 10.1. The predicted molar refractivity (Wildman–Crippen MR) is 89.3 cm³/mol. The number of nitrogens with zero attached hydrogens (tertiary/aromatic N) is 2. The Hall–Kier alpha value is -1.99. The molecule has 1 saturated heterocycles. The summed E-state index contributed by atoms with van der Waals surface area (Å²) in [6, 6.07) is 0.411. The second kappa shape index (κ2) is 9.22. The molecule has 0 bridgehead atoms. The second-order valence-electron chi connectivity index (χ2n) is 5.10. The number of carbonyl (C=O) groups excluding carboxylic acids is 1. The van der Waals surface area contributed by atoms with Crippen molar-refractivity contribution in [2.24, 2.45) is 5.73 Å². The average molecular weight is 322 g/mol.